The average Bonchev–Trinajstić information content (AvgIpc) is 2.48. The molecule has 0 aliphatic rings. The number of halogens is 4. The number of rotatable bonds is 4. The lowest BCUT2D eigenvalue weighted by Crippen LogP contribution is -2.27. The Kier molecular flexibility index (Phi) is 5.89. The molecular weight excluding hydrogens is 353 g/mol. The van der Waals surface area contributed by atoms with Crippen molar-refractivity contribution >= 4 is 48.0 Å². The second-order valence-electron chi connectivity index (χ2n) is 5.02. The Morgan fingerprint density at radius 2 is 1.74 bits per heavy atom. The number of benzene rings is 2. The van der Waals surface area contributed by atoms with Gasteiger partial charge in [0.2, 0.25) is 0 Å². The van der Waals surface area contributed by atoms with E-state index in [-0.39, 0.29) is 10.6 Å². The van der Waals surface area contributed by atoms with Gasteiger partial charge in [0.25, 0.3) is 0 Å². The molecule has 0 fully saturated rings. The molecule has 2 aromatic rings. The van der Waals surface area contributed by atoms with E-state index in [9.17, 15) is 13.2 Å². The molecule has 0 aliphatic heterocycles. The second kappa shape index (κ2) is 7.51. The largest absolute Gasteiger partial charge is 0.416 e. The van der Waals surface area contributed by atoms with Gasteiger partial charge in [0.15, 0.2) is 0 Å². The van der Waals surface area contributed by atoms with Crippen molar-refractivity contribution in [3.8, 4) is 0 Å². The lowest BCUT2D eigenvalue weighted by atomic mass is 10.0. The maximum Gasteiger partial charge on any atom is 0.416 e. The van der Waals surface area contributed by atoms with Crippen LogP contribution < -0.4 is 10.4 Å². The van der Waals surface area contributed by atoms with Gasteiger partial charge >= 0.3 is 6.18 Å². The first-order valence-corrected chi connectivity index (χ1v) is 8.25. The van der Waals surface area contributed by atoms with Crippen LogP contribution in [0.4, 0.5) is 13.2 Å². The predicted octanol–water partition coefficient (Wildman–Crippen LogP) is 3.51. The third-order valence-electron chi connectivity index (χ3n) is 3.33. The second-order valence-corrected chi connectivity index (χ2v) is 6.47. The number of hydrogen-bond acceptors (Lipinski definition) is 0. The van der Waals surface area contributed by atoms with Crippen LogP contribution in [0.3, 0.4) is 0 Å². The fourth-order valence-electron chi connectivity index (χ4n) is 2.19. The fourth-order valence-corrected chi connectivity index (χ4v) is 2.92. The fraction of sp³-hybridized carbons (Fsp3) is 0.176. The van der Waals surface area contributed by atoms with Gasteiger partial charge in [-0.15, -0.1) is 0 Å². The number of hydrogen-bond donors (Lipinski definition) is 0. The summed E-state index contributed by atoms with van der Waals surface area (Å²) in [5, 5.41) is 1.22. The van der Waals surface area contributed by atoms with Gasteiger partial charge in [-0.05, 0) is 30.0 Å². The minimum Gasteiger partial charge on any atom is -0.166 e. The maximum absolute atomic E-state index is 13.4. The van der Waals surface area contributed by atoms with E-state index in [0.717, 1.165) is 5.56 Å². The average molecular weight is 365 g/mol. The zero-order valence-corrected chi connectivity index (χ0v) is 14.8. The number of allylic oxidation sites excluding steroid dienone is 2. The first-order chi connectivity index (χ1) is 10.8. The van der Waals surface area contributed by atoms with Gasteiger partial charge in [0.05, 0.1) is 26.1 Å². The zero-order chi connectivity index (χ0) is 17.0. The lowest BCUT2D eigenvalue weighted by Gasteiger charge is -2.15. The monoisotopic (exact) mass is 364 g/mol. The Balaban J connectivity index is 2.29. The van der Waals surface area contributed by atoms with Gasteiger partial charge in [-0.3, -0.25) is 0 Å². The molecule has 2 aromatic carbocycles. The molecule has 0 aliphatic carbocycles. The number of aryl methyl sites for hydroxylation is 1. The van der Waals surface area contributed by atoms with Crippen molar-refractivity contribution in [2.75, 3.05) is 0 Å². The molecule has 0 bridgehead atoms. The van der Waals surface area contributed by atoms with Gasteiger partial charge in [-0.1, -0.05) is 64.4 Å². The van der Waals surface area contributed by atoms with Crippen LogP contribution >= 0.6 is 11.6 Å². The van der Waals surface area contributed by atoms with E-state index in [1.54, 1.807) is 0 Å². The van der Waals surface area contributed by atoms with Gasteiger partial charge in [0, 0.05) is 5.02 Å². The minimum absolute atomic E-state index is 0.0440. The molecule has 0 aromatic heterocycles. The molecule has 6 radical (unpaired) electrons. The van der Waals surface area contributed by atoms with Crippen molar-refractivity contribution in [2.45, 2.75) is 19.0 Å². The molecule has 0 saturated heterocycles. The van der Waals surface area contributed by atoms with E-state index in [2.05, 4.69) is 20.5 Å². The molecule has 0 amide bonds. The van der Waals surface area contributed by atoms with Crippen LogP contribution in [0.2, 0.25) is 5.02 Å². The standard InChI is InChI=1S/C17H12ClF3Si2/c18-14-9-12(10-15(22)16(14)23)13(17(19,20)21)8-4-7-11-5-2-1-3-6-11/h1-3,5-6,8-10H,4,7H2/b13-8+. The summed E-state index contributed by atoms with van der Waals surface area (Å²) in [7, 11) is 6.53. The summed E-state index contributed by atoms with van der Waals surface area (Å²) in [6.07, 6.45) is -2.38. The summed E-state index contributed by atoms with van der Waals surface area (Å²) in [6.45, 7) is 0. The summed E-state index contributed by atoms with van der Waals surface area (Å²) >= 11 is 5.97. The Labute approximate surface area is 145 Å². The van der Waals surface area contributed by atoms with E-state index < -0.39 is 11.7 Å². The van der Waals surface area contributed by atoms with Crippen molar-refractivity contribution in [3.05, 3.63) is 64.7 Å². The van der Waals surface area contributed by atoms with E-state index in [1.807, 2.05) is 30.3 Å². The Morgan fingerprint density at radius 1 is 1.09 bits per heavy atom. The van der Waals surface area contributed by atoms with Gasteiger partial charge < -0.3 is 0 Å². The minimum atomic E-state index is -4.44. The molecule has 6 heteroatoms. The molecule has 0 spiro atoms. The number of alkyl halides is 3. The van der Waals surface area contributed by atoms with Crippen LogP contribution in [-0.4, -0.2) is 26.7 Å². The highest BCUT2D eigenvalue weighted by molar-refractivity contribution is 6.54. The van der Waals surface area contributed by atoms with Gasteiger partial charge in [-0.2, -0.15) is 13.2 Å². The summed E-state index contributed by atoms with van der Waals surface area (Å²) in [5.41, 5.74) is 0.365. The van der Waals surface area contributed by atoms with Crippen LogP contribution in [-0.2, 0) is 6.42 Å². The molecule has 0 atom stereocenters. The topological polar surface area (TPSA) is 0 Å². The van der Waals surface area contributed by atoms with Gasteiger partial charge in [0.1, 0.15) is 0 Å². The third-order valence-corrected chi connectivity index (χ3v) is 4.97. The normalized spacial score (nSPS) is 12.5. The highest BCUT2D eigenvalue weighted by Gasteiger charge is 2.34. The zero-order valence-electron chi connectivity index (χ0n) is 12.0. The Hall–Kier alpha value is -1.31. The summed E-state index contributed by atoms with van der Waals surface area (Å²) < 4.78 is 40.1. The van der Waals surface area contributed by atoms with Crippen molar-refractivity contribution in [1.29, 1.82) is 0 Å². The highest BCUT2D eigenvalue weighted by Crippen LogP contribution is 2.34. The van der Waals surface area contributed by atoms with Crippen molar-refractivity contribution in [2.24, 2.45) is 0 Å². The van der Waals surface area contributed by atoms with Crippen LogP contribution in [0.15, 0.2) is 48.5 Å². The van der Waals surface area contributed by atoms with E-state index in [1.165, 1.54) is 18.2 Å². The molecule has 116 valence electrons. The molecule has 2 rings (SSSR count). The highest BCUT2D eigenvalue weighted by atomic mass is 35.5. The molecule has 0 heterocycles. The maximum atomic E-state index is 13.4. The predicted molar refractivity (Wildman–Crippen MR) is 91.0 cm³/mol. The molecule has 0 N–H and O–H groups in total. The molecule has 0 saturated carbocycles. The lowest BCUT2D eigenvalue weighted by molar-refractivity contribution is -0.0690. The SMILES string of the molecule is FC(F)(F)/C(=C/CCc1ccccc1)c1cc([Si])c([Si])c(Cl)c1. The summed E-state index contributed by atoms with van der Waals surface area (Å²) in [4.78, 5) is 0. The van der Waals surface area contributed by atoms with Crippen LogP contribution in [0, 0.1) is 0 Å². The van der Waals surface area contributed by atoms with Crippen LogP contribution in [0.1, 0.15) is 17.5 Å². The summed E-state index contributed by atoms with van der Waals surface area (Å²) in [6, 6.07) is 12.1. The quantitative estimate of drug-likeness (QED) is 0.728. The van der Waals surface area contributed by atoms with Gasteiger partial charge in [-0.25, -0.2) is 0 Å². The van der Waals surface area contributed by atoms with E-state index in [0.29, 0.717) is 23.2 Å². The van der Waals surface area contributed by atoms with Crippen molar-refractivity contribution in [3.63, 3.8) is 0 Å². The van der Waals surface area contributed by atoms with Crippen LogP contribution in [0.25, 0.3) is 5.57 Å². The Bertz CT molecular complexity index is 687. The van der Waals surface area contributed by atoms with Crippen molar-refractivity contribution in [1.82, 2.24) is 0 Å². The smallest absolute Gasteiger partial charge is 0.166 e. The third kappa shape index (κ3) is 4.83. The molecule has 0 unspecified atom stereocenters. The first-order valence-electron chi connectivity index (χ1n) is 6.87. The van der Waals surface area contributed by atoms with E-state index >= 15 is 0 Å². The summed E-state index contributed by atoms with van der Waals surface area (Å²) in [5.74, 6) is 0. The van der Waals surface area contributed by atoms with E-state index in [4.69, 9.17) is 11.6 Å². The molecule has 0 nitrogen and oxygen atoms in total. The van der Waals surface area contributed by atoms with Crippen molar-refractivity contribution < 1.29 is 13.2 Å². The Morgan fingerprint density at radius 3 is 2.30 bits per heavy atom. The molecule has 23 heavy (non-hydrogen) atoms. The molecular formula is C17H12ClF3Si2. The van der Waals surface area contributed by atoms with Crippen LogP contribution in [0.5, 0.6) is 0 Å². The first kappa shape index (κ1) is 18.0.